The van der Waals surface area contributed by atoms with E-state index in [9.17, 15) is 14.5 Å². The van der Waals surface area contributed by atoms with E-state index in [-0.39, 0.29) is 5.70 Å². The first kappa shape index (κ1) is 7.91. The van der Waals surface area contributed by atoms with Crippen LogP contribution in [0.25, 0.3) is 0 Å². The van der Waals surface area contributed by atoms with Crippen molar-refractivity contribution in [3.63, 3.8) is 0 Å². The molecule has 0 unspecified atom stereocenters. The second kappa shape index (κ2) is 2.82. The van der Waals surface area contributed by atoms with E-state index in [2.05, 4.69) is 0 Å². The van der Waals surface area contributed by atoms with Gasteiger partial charge in [0.05, 0.1) is 4.92 Å². The number of halogens is 1. The van der Waals surface area contributed by atoms with Crippen molar-refractivity contribution < 1.29 is 9.31 Å². The minimum Gasteiger partial charge on any atom is -0.258 e. The van der Waals surface area contributed by atoms with Crippen LogP contribution in [-0.4, -0.2) is 4.92 Å². The van der Waals surface area contributed by atoms with Crippen molar-refractivity contribution in [3.05, 3.63) is 33.3 Å². The molecule has 0 aromatic rings. The number of nitrogens with zero attached hydrogens (tertiary/aromatic N) is 1. The van der Waals surface area contributed by atoms with Crippen LogP contribution in [-0.2, 0) is 0 Å². The van der Waals surface area contributed by atoms with E-state index >= 15 is 0 Å². The predicted octanol–water partition coefficient (Wildman–Crippen LogP) is 2.18. The molecule has 0 heterocycles. The number of allylic oxidation sites excluding steroid dienone is 3. The first-order valence-electron chi connectivity index (χ1n) is 3.33. The molecule has 0 aromatic carbocycles. The van der Waals surface area contributed by atoms with Crippen molar-refractivity contribution in [2.24, 2.45) is 0 Å². The first-order valence-corrected chi connectivity index (χ1v) is 3.33. The van der Waals surface area contributed by atoms with E-state index in [1.54, 1.807) is 6.92 Å². The number of hydrogen-bond acceptors (Lipinski definition) is 2. The fourth-order valence-electron chi connectivity index (χ4n) is 0.998. The minimum atomic E-state index is -0.683. The highest BCUT2D eigenvalue weighted by atomic mass is 19.1. The second-order valence-electron chi connectivity index (χ2n) is 2.48. The van der Waals surface area contributed by atoms with Crippen LogP contribution in [0.1, 0.15) is 19.8 Å². The molecule has 60 valence electrons. The van der Waals surface area contributed by atoms with E-state index in [1.165, 1.54) is 6.08 Å². The standard InChI is InChI=1S/C7H8FNO2/c1-5-3-2-4-6(7(5)8)9(10)11/h4H,2-3H2,1H3. The minimum absolute atomic E-state index is 0.381. The molecule has 4 heteroatoms. The van der Waals surface area contributed by atoms with Crippen molar-refractivity contribution in [1.82, 2.24) is 0 Å². The lowest BCUT2D eigenvalue weighted by Gasteiger charge is -2.05. The van der Waals surface area contributed by atoms with Gasteiger partial charge in [0.1, 0.15) is 0 Å². The highest BCUT2D eigenvalue weighted by Gasteiger charge is 2.22. The summed E-state index contributed by atoms with van der Waals surface area (Å²) in [6.45, 7) is 1.58. The molecular weight excluding hydrogens is 149 g/mol. The van der Waals surface area contributed by atoms with Crippen LogP contribution in [0.2, 0.25) is 0 Å². The summed E-state index contributed by atoms with van der Waals surface area (Å²) in [5.41, 5.74) is 0.0907. The molecule has 0 atom stereocenters. The lowest BCUT2D eigenvalue weighted by molar-refractivity contribution is -0.423. The Balaban J connectivity index is 2.98. The normalized spacial score (nSPS) is 18.2. The molecular formula is C7H8FNO2. The zero-order chi connectivity index (χ0) is 8.43. The molecule has 0 radical (unpaired) electrons. The van der Waals surface area contributed by atoms with Gasteiger partial charge in [-0.25, -0.2) is 0 Å². The number of rotatable bonds is 1. The molecule has 11 heavy (non-hydrogen) atoms. The lowest BCUT2D eigenvalue weighted by atomic mass is 10.0. The Hall–Kier alpha value is -1.19. The zero-order valence-electron chi connectivity index (χ0n) is 6.13. The molecule has 0 aromatic heterocycles. The molecule has 0 aliphatic heterocycles. The Labute approximate surface area is 63.4 Å². The van der Waals surface area contributed by atoms with Crippen LogP contribution in [0.4, 0.5) is 4.39 Å². The van der Waals surface area contributed by atoms with Gasteiger partial charge in [-0.1, -0.05) is 0 Å². The van der Waals surface area contributed by atoms with Crippen LogP contribution in [0.3, 0.4) is 0 Å². The van der Waals surface area contributed by atoms with Crippen molar-refractivity contribution in [2.45, 2.75) is 19.8 Å². The Kier molecular flexibility index (Phi) is 2.03. The predicted molar refractivity (Wildman–Crippen MR) is 38.1 cm³/mol. The molecule has 1 rings (SSSR count). The SMILES string of the molecule is CC1=C(F)C([N+](=O)[O-])=CCC1. The van der Waals surface area contributed by atoms with E-state index in [4.69, 9.17) is 0 Å². The fraction of sp³-hybridized carbons (Fsp3) is 0.429. The number of hydrogen-bond donors (Lipinski definition) is 0. The largest absolute Gasteiger partial charge is 0.300 e. The van der Waals surface area contributed by atoms with Gasteiger partial charge in [0, 0.05) is 0 Å². The van der Waals surface area contributed by atoms with Gasteiger partial charge in [-0.3, -0.25) is 10.1 Å². The average molecular weight is 157 g/mol. The van der Waals surface area contributed by atoms with Crippen molar-refractivity contribution in [3.8, 4) is 0 Å². The third-order valence-electron chi connectivity index (χ3n) is 1.65. The topological polar surface area (TPSA) is 43.1 Å². The lowest BCUT2D eigenvalue weighted by Crippen LogP contribution is -2.04. The molecule has 1 aliphatic carbocycles. The molecule has 0 fully saturated rings. The van der Waals surface area contributed by atoms with E-state index in [0.717, 1.165) is 0 Å². The molecule has 3 nitrogen and oxygen atoms in total. The molecule has 0 bridgehead atoms. The monoisotopic (exact) mass is 157 g/mol. The average Bonchev–Trinajstić information content (AvgIpc) is 1.94. The summed E-state index contributed by atoms with van der Waals surface area (Å²) in [7, 11) is 0. The van der Waals surface area contributed by atoms with E-state index in [0.29, 0.717) is 18.4 Å². The van der Waals surface area contributed by atoms with Crippen LogP contribution in [0, 0.1) is 10.1 Å². The van der Waals surface area contributed by atoms with Gasteiger partial charge in [-0.2, -0.15) is 4.39 Å². The Bertz CT molecular complexity index is 255. The van der Waals surface area contributed by atoms with Gasteiger partial charge in [0.25, 0.3) is 0 Å². The summed E-state index contributed by atoms with van der Waals surface area (Å²) in [6.07, 6.45) is 2.47. The van der Waals surface area contributed by atoms with Crippen molar-refractivity contribution >= 4 is 0 Å². The highest BCUT2D eigenvalue weighted by molar-refractivity contribution is 5.27. The van der Waals surface area contributed by atoms with Gasteiger partial charge >= 0.3 is 5.70 Å². The molecule has 1 aliphatic rings. The van der Waals surface area contributed by atoms with E-state index in [1.807, 2.05) is 0 Å². The first-order chi connectivity index (χ1) is 5.13. The van der Waals surface area contributed by atoms with Gasteiger partial charge in [-0.05, 0) is 31.4 Å². The zero-order valence-corrected chi connectivity index (χ0v) is 6.13. The summed E-state index contributed by atoms with van der Waals surface area (Å²) in [6, 6.07) is 0. The summed E-state index contributed by atoms with van der Waals surface area (Å²) in [5, 5.41) is 10.2. The second-order valence-corrected chi connectivity index (χ2v) is 2.48. The molecule has 0 N–H and O–H groups in total. The van der Waals surface area contributed by atoms with Crippen LogP contribution in [0.15, 0.2) is 23.2 Å². The van der Waals surface area contributed by atoms with Gasteiger partial charge in [0.2, 0.25) is 0 Å². The summed E-state index contributed by atoms with van der Waals surface area (Å²) in [5.74, 6) is -0.666. The Morgan fingerprint density at radius 2 is 2.36 bits per heavy atom. The maximum Gasteiger partial charge on any atom is 0.300 e. The molecule has 0 amide bonds. The van der Waals surface area contributed by atoms with Gasteiger partial charge < -0.3 is 0 Å². The van der Waals surface area contributed by atoms with Crippen LogP contribution < -0.4 is 0 Å². The Morgan fingerprint density at radius 1 is 1.73 bits per heavy atom. The third-order valence-corrected chi connectivity index (χ3v) is 1.65. The van der Waals surface area contributed by atoms with Gasteiger partial charge in [0.15, 0.2) is 5.83 Å². The Morgan fingerprint density at radius 3 is 2.82 bits per heavy atom. The molecule has 0 saturated heterocycles. The summed E-state index contributed by atoms with van der Waals surface area (Å²) in [4.78, 5) is 9.49. The summed E-state index contributed by atoms with van der Waals surface area (Å²) >= 11 is 0. The van der Waals surface area contributed by atoms with Crippen LogP contribution in [0.5, 0.6) is 0 Å². The molecule has 0 saturated carbocycles. The van der Waals surface area contributed by atoms with Gasteiger partial charge in [-0.15, -0.1) is 0 Å². The third kappa shape index (κ3) is 1.45. The maximum absolute atomic E-state index is 12.9. The smallest absolute Gasteiger partial charge is 0.258 e. The molecule has 0 spiro atoms. The quantitative estimate of drug-likeness (QED) is 0.432. The van der Waals surface area contributed by atoms with E-state index < -0.39 is 10.8 Å². The fourth-order valence-corrected chi connectivity index (χ4v) is 0.998. The van der Waals surface area contributed by atoms with Crippen LogP contribution >= 0.6 is 0 Å². The summed E-state index contributed by atoms with van der Waals surface area (Å²) < 4.78 is 12.9. The van der Waals surface area contributed by atoms with Crippen molar-refractivity contribution in [2.75, 3.05) is 0 Å². The number of nitro groups is 1. The van der Waals surface area contributed by atoms with Crippen molar-refractivity contribution in [1.29, 1.82) is 0 Å². The maximum atomic E-state index is 12.9. The highest BCUT2D eigenvalue weighted by Crippen LogP contribution is 2.25.